The molecule has 10 heteroatoms. The van der Waals surface area contributed by atoms with Gasteiger partial charge in [-0.25, -0.2) is 18.1 Å². The van der Waals surface area contributed by atoms with Gasteiger partial charge in [0.15, 0.2) is 0 Å². The molecule has 0 radical (unpaired) electrons. The first-order valence-corrected chi connectivity index (χ1v) is 11.9. The Balaban J connectivity index is 1.75. The Morgan fingerprint density at radius 3 is 2.59 bits per heavy atom. The standard InChI is InChI=1S/C19H21ClN4O3S2/c1-24-12-11-21-18(24)17(13-3-5-14(20)6-4-13)23-19(25)16-8-7-15(28-16)9-10-22-29(2,26)27/h3-8,11-12,17,22H,9-10H2,1-2H3,(H,23,25)/t17-/m1/s1. The molecule has 0 aliphatic rings. The second-order valence-electron chi connectivity index (χ2n) is 6.54. The Bertz CT molecular complexity index is 1090. The summed E-state index contributed by atoms with van der Waals surface area (Å²) in [6.07, 6.45) is 5.14. The molecular weight excluding hydrogens is 432 g/mol. The molecule has 0 aliphatic carbocycles. The van der Waals surface area contributed by atoms with Gasteiger partial charge in [-0.1, -0.05) is 23.7 Å². The van der Waals surface area contributed by atoms with Gasteiger partial charge < -0.3 is 9.88 Å². The molecule has 1 atom stereocenters. The molecule has 0 saturated heterocycles. The third-order valence-corrected chi connectivity index (χ3v) is 6.34. The third kappa shape index (κ3) is 5.89. The van der Waals surface area contributed by atoms with Crippen molar-refractivity contribution in [3.8, 4) is 0 Å². The Morgan fingerprint density at radius 2 is 1.97 bits per heavy atom. The van der Waals surface area contributed by atoms with Crippen LogP contribution in [0.4, 0.5) is 0 Å². The number of benzene rings is 1. The minimum Gasteiger partial charge on any atom is -0.337 e. The topological polar surface area (TPSA) is 93.1 Å². The maximum absolute atomic E-state index is 12.9. The summed E-state index contributed by atoms with van der Waals surface area (Å²) in [4.78, 5) is 18.7. The first kappa shape index (κ1) is 21.5. The summed E-state index contributed by atoms with van der Waals surface area (Å²) in [6.45, 7) is 0.293. The number of hydrogen-bond acceptors (Lipinski definition) is 5. The van der Waals surface area contributed by atoms with E-state index in [2.05, 4.69) is 15.0 Å². The van der Waals surface area contributed by atoms with Gasteiger partial charge in [-0.2, -0.15) is 0 Å². The van der Waals surface area contributed by atoms with Crippen LogP contribution in [0, 0.1) is 0 Å². The SMILES string of the molecule is Cn1ccnc1[C@H](NC(=O)c1ccc(CCNS(C)(=O)=O)s1)c1ccc(Cl)cc1. The summed E-state index contributed by atoms with van der Waals surface area (Å²) in [5.74, 6) is 0.482. The van der Waals surface area contributed by atoms with E-state index < -0.39 is 16.1 Å². The molecule has 1 aromatic carbocycles. The number of aromatic nitrogens is 2. The maximum Gasteiger partial charge on any atom is 0.262 e. The summed E-state index contributed by atoms with van der Waals surface area (Å²) >= 11 is 7.33. The summed E-state index contributed by atoms with van der Waals surface area (Å²) < 4.78 is 26.6. The van der Waals surface area contributed by atoms with Gasteiger partial charge >= 0.3 is 0 Å². The van der Waals surface area contributed by atoms with Crippen LogP contribution in [0.3, 0.4) is 0 Å². The molecule has 29 heavy (non-hydrogen) atoms. The molecule has 0 saturated carbocycles. The van der Waals surface area contributed by atoms with Crippen LogP contribution in [0.2, 0.25) is 5.02 Å². The smallest absolute Gasteiger partial charge is 0.262 e. The molecule has 0 bridgehead atoms. The molecule has 3 rings (SSSR count). The zero-order valence-corrected chi connectivity index (χ0v) is 18.3. The average molecular weight is 453 g/mol. The number of aryl methyl sites for hydroxylation is 1. The predicted octanol–water partition coefficient (Wildman–Crippen LogP) is 2.75. The van der Waals surface area contributed by atoms with Crippen molar-refractivity contribution in [2.45, 2.75) is 12.5 Å². The first-order chi connectivity index (χ1) is 13.7. The van der Waals surface area contributed by atoms with E-state index in [1.807, 2.05) is 36.0 Å². The van der Waals surface area contributed by atoms with E-state index in [0.29, 0.717) is 28.7 Å². The van der Waals surface area contributed by atoms with E-state index in [0.717, 1.165) is 16.7 Å². The molecule has 2 heterocycles. The first-order valence-electron chi connectivity index (χ1n) is 8.80. The molecule has 3 aromatic rings. The lowest BCUT2D eigenvalue weighted by Gasteiger charge is -2.19. The predicted molar refractivity (Wildman–Crippen MR) is 115 cm³/mol. The summed E-state index contributed by atoms with van der Waals surface area (Å²) in [5, 5.41) is 3.65. The zero-order valence-electron chi connectivity index (χ0n) is 15.9. The van der Waals surface area contributed by atoms with Crippen molar-refractivity contribution in [2.75, 3.05) is 12.8 Å². The van der Waals surface area contributed by atoms with Gasteiger partial charge in [-0.05, 0) is 36.2 Å². The molecule has 0 unspecified atom stereocenters. The van der Waals surface area contributed by atoms with Crippen LogP contribution in [0.15, 0.2) is 48.8 Å². The maximum atomic E-state index is 12.9. The quantitative estimate of drug-likeness (QED) is 0.549. The third-order valence-electron chi connectivity index (χ3n) is 4.22. The minimum absolute atomic E-state index is 0.222. The van der Waals surface area contributed by atoms with Crippen molar-refractivity contribution in [1.82, 2.24) is 19.6 Å². The van der Waals surface area contributed by atoms with Crippen molar-refractivity contribution in [1.29, 1.82) is 0 Å². The van der Waals surface area contributed by atoms with Crippen molar-refractivity contribution in [3.63, 3.8) is 0 Å². The van der Waals surface area contributed by atoms with Crippen LogP contribution in [0.5, 0.6) is 0 Å². The van der Waals surface area contributed by atoms with E-state index >= 15 is 0 Å². The molecule has 2 aromatic heterocycles. The molecule has 0 fully saturated rings. The highest BCUT2D eigenvalue weighted by Gasteiger charge is 2.22. The average Bonchev–Trinajstić information content (AvgIpc) is 3.29. The number of imidazole rings is 1. The van der Waals surface area contributed by atoms with E-state index in [1.54, 1.807) is 24.4 Å². The number of rotatable bonds is 8. The molecule has 0 aliphatic heterocycles. The van der Waals surface area contributed by atoms with E-state index in [4.69, 9.17) is 11.6 Å². The number of sulfonamides is 1. The summed E-state index contributed by atoms with van der Waals surface area (Å²) in [7, 11) is -1.36. The van der Waals surface area contributed by atoms with Gasteiger partial charge in [0.2, 0.25) is 10.0 Å². The molecule has 0 spiro atoms. The molecule has 154 valence electrons. The number of carbonyl (C=O) groups excluding carboxylic acids is 1. The van der Waals surface area contributed by atoms with Crippen LogP contribution in [-0.2, 0) is 23.5 Å². The van der Waals surface area contributed by atoms with Crippen LogP contribution in [-0.4, -0.2) is 36.7 Å². The Hall–Kier alpha value is -2.20. The lowest BCUT2D eigenvalue weighted by Crippen LogP contribution is -2.30. The largest absolute Gasteiger partial charge is 0.337 e. The van der Waals surface area contributed by atoms with Gasteiger partial charge in [-0.3, -0.25) is 4.79 Å². The minimum atomic E-state index is -3.23. The number of halogens is 1. The Morgan fingerprint density at radius 1 is 1.24 bits per heavy atom. The highest BCUT2D eigenvalue weighted by molar-refractivity contribution is 7.88. The summed E-state index contributed by atoms with van der Waals surface area (Å²) in [6, 6.07) is 10.4. The number of nitrogens with zero attached hydrogens (tertiary/aromatic N) is 2. The molecule has 7 nitrogen and oxygen atoms in total. The van der Waals surface area contributed by atoms with Crippen LogP contribution < -0.4 is 10.0 Å². The lowest BCUT2D eigenvalue weighted by molar-refractivity contribution is 0.0945. The van der Waals surface area contributed by atoms with Crippen molar-refractivity contribution in [3.05, 3.63) is 75.0 Å². The van der Waals surface area contributed by atoms with Crippen molar-refractivity contribution >= 4 is 38.9 Å². The number of thiophene rings is 1. The highest BCUT2D eigenvalue weighted by atomic mass is 35.5. The van der Waals surface area contributed by atoms with E-state index in [9.17, 15) is 13.2 Å². The van der Waals surface area contributed by atoms with E-state index in [-0.39, 0.29) is 5.91 Å². The number of nitrogens with one attached hydrogen (secondary N) is 2. The van der Waals surface area contributed by atoms with Gasteiger partial charge in [-0.15, -0.1) is 11.3 Å². The fourth-order valence-electron chi connectivity index (χ4n) is 2.80. The fourth-order valence-corrected chi connectivity index (χ4v) is 4.31. The van der Waals surface area contributed by atoms with Crippen LogP contribution in [0.25, 0.3) is 0 Å². The number of hydrogen-bond donors (Lipinski definition) is 2. The summed E-state index contributed by atoms with van der Waals surface area (Å²) in [5.41, 5.74) is 0.867. The number of carbonyl (C=O) groups is 1. The van der Waals surface area contributed by atoms with Gasteiger partial charge in [0.1, 0.15) is 11.9 Å². The van der Waals surface area contributed by atoms with Crippen molar-refractivity contribution in [2.24, 2.45) is 7.05 Å². The highest BCUT2D eigenvalue weighted by Crippen LogP contribution is 2.24. The van der Waals surface area contributed by atoms with Gasteiger partial charge in [0, 0.05) is 35.9 Å². The monoisotopic (exact) mass is 452 g/mol. The Kier molecular flexibility index (Phi) is 6.74. The van der Waals surface area contributed by atoms with Gasteiger partial charge in [0.05, 0.1) is 11.1 Å². The second kappa shape index (κ2) is 9.08. The van der Waals surface area contributed by atoms with E-state index in [1.165, 1.54) is 11.3 Å². The molecule has 2 N–H and O–H groups in total. The van der Waals surface area contributed by atoms with Gasteiger partial charge in [0.25, 0.3) is 5.91 Å². The second-order valence-corrected chi connectivity index (χ2v) is 9.97. The number of amides is 1. The fraction of sp³-hybridized carbons (Fsp3) is 0.263. The van der Waals surface area contributed by atoms with Crippen LogP contribution in [0.1, 0.15) is 32.0 Å². The zero-order chi connectivity index (χ0) is 21.0. The van der Waals surface area contributed by atoms with Crippen LogP contribution >= 0.6 is 22.9 Å². The normalized spacial score (nSPS) is 12.7. The van der Waals surface area contributed by atoms with Crippen molar-refractivity contribution < 1.29 is 13.2 Å². The Labute approximate surface area is 178 Å². The lowest BCUT2D eigenvalue weighted by atomic mass is 10.1. The molecule has 1 amide bonds. The molecular formula is C19H21ClN4O3S2.